The number of unbranched alkanes of at least 4 members (excludes halogenated alkanes) is 3. The van der Waals surface area contributed by atoms with Crippen molar-refractivity contribution in [2.75, 3.05) is 13.7 Å². The van der Waals surface area contributed by atoms with Gasteiger partial charge in [0.05, 0.1) is 13.7 Å². The molecule has 0 saturated heterocycles. The molecular weight excluding hydrogens is 280 g/mol. The van der Waals surface area contributed by atoms with E-state index >= 15 is 0 Å². The molecule has 0 heterocycles. The van der Waals surface area contributed by atoms with Crippen LogP contribution in [0.5, 0.6) is 11.5 Å². The number of esters is 1. The average molecular weight is 306 g/mol. The Morgan fingerprint density at radius 1 is 1.23 bits per heavy atom. The van der Waals surface area contributed by atoms with E-state index in [1.807, 2.05) is 0 Å². The molecule has 1 N–H and O–H groups in total. The van der Waals surface area contributed by atoms with Gasteiger partial charge in [0, 0.05) is 11.6 Å². The van der Waals surface area contributed by atoms with Gasteiger partial charge in [0.1, 0.15) is 0 Å². The number of carbonyl (C=O) groups excluding carboxylic acids is 1. The van der Waals surface area contributed by atoms with Gasteiger partial charge in [-0.15, -0.1) is 0 Å². The molecule has 0 radical (unpaired) electrons. The van der Waals surface area contributed by atoms with Crippen LogP contribution in [-0.4, -0.2) is 24.8 Å². The number of phenols is 1. The molecule has 0 aliphatic rings. The van der Waals surface area contributed by atoms with Crippen LogP contribution in [0.25, 0.3) is 6.08 Å². The summed E-state index contributed by atoms with van der Waals surface area (Å²) in [5, 5.41) is 9.94. The lowest BCUT2D eigenvalue weighted by Gasteiger charge is -2.13. The van der Waals surface area contributed by atoms with Gasteiger partial charge in [-0.25, -0.2) is 4.79 Å². The van der Waals surface area contributed by atoms with Crippen LogP contribution in [0.1, 0.15) is 50.7 Å². The molecule has 0 spiro atoms. The Hall–Kier alpha value is -1.97. The highest BCUT2D eigenvalue weighted by atomic mass is 16.5. The predicted molar refractivity (Wildman–Crippen MR) is 88.2 cm³/mol. The first-order chi connectivity index (χ1) is 10.6. The molecule has 0 fully saturated rings. The molecule has 0 atom stereocenters. The molecule has 4 nitrogen and oxygen atoms in total. The average Bonchev–Trinajstić information content (AvgIpc) is 2.51. The van der Waals surface area contributed by atoms with Crippen LogP contribution in [-0.2, 0) is 16.0 Å². The van der Waals surface area contributed by atoms with E-state index in [9.17, 15) is 9.90 Å². The second-order valence-corrected chi connectivity index (χ2v) is 5.08. The molecule has 1 aromatic carbocycles. The maximum atomic E-state index is 11.5. The lowest BCUT2D eigenvalue weighted by atomic mass is 9.98. The smallest absolute Gasteiger partial charge is 0.330 e. The molecular formula is C18H26O4. The third-order valence-electron chi connectivity index (χ3n) is 3.45. The minimum Gasteiger partial charge on any atom is -0.504 e. The Bertz CT molecular complexity index is 506. The quantitative estimate of drug-likeness (QED) is 0.424. The normalized spacial score (nSPS) is 10.9. The number of ether oxygens (including phenoxy) is 2. The molecule has 0 amide bonds. The highest BCUT2D eigenvalue weighted by molar-refractivity contribution is 5.87. The number of phenolic OH excluding ortho intramolecular Hbond substituents is 1. The molecule has 22 heavy (non-hydrogen) atoms. The summed E-state index contributed by atoms with van der Waals surface area (Å²) in [7, 11) is 1.55. The van der Waals surface area contributed by atoms with Gasteiger partial charge >= 0.3 is 5.97 Å². The predicted octanol–water partition coefficient (Wildman–Crippen LogP) is 4.10. The Labute approximate surface area is 132 Å². The first-order valence-electron chi connectivity index (χ1n) is 7.87. The highest BCUT2D eigenvalue weighted by Crippen LogP contribution is 2.34. The number of methoxy groups -OCH3 is 1. The summed E-state index contributed by atoms with van der Waals surface area (Å²) in [6, 6.07) is 3.38. The third kappa shape index (κ3) is 5.43. The van der Waals surface area contributed by atoms with E-state index in [-0.39, 0.29) is 11.7 Å². The molecule has 0 aliphatic carbocycles. The molecule has 0 unspecified atom stereocenters. The Balaban J connectivity index is 2.96. The number of carbonyl (C=O) groups is 1. The second kappa shape index (κ2) is 9.87. The molecule has 0 aliphatic heterocycles. The van der Waals surface area contributed by atoms with Crippen LogP contribution in [0.2, 0.25) is 0 Å². The second-order valence-electron chi connectivity index (χ2n) is 5.08. The lowest BCUT2D eigenvalue weighted by molar-refractivity contribution is -0.137. The third-order valence-corrected chi connectivity index (χ3v) is 3.45. The van der Waals surface area contributed by atoms with Crippen molar-refractivity contribution in [1.82, 2.24) is 0 Å². The number of aromatic hydroxyl groups is 1. The zero-order valence-corrected chi connectivity index (χ0v) is 13.7. The van der Waals surface area contributed by atoms with E-state index < -0.39 is 0 Å². The topological polar surface area (TPSA) is 55.8 Å². The van der Waals surface area contributed by atoms with Gasteiger partial charge in [-0.05, 0) is 37.5 Å². The van der Waals surface area contributed by atoms with Gasteiger partial charge in [-0.3, -0.25) is 0 Å². The van der Waals surface area contributed by atoms with E-state index in [2.05, 4.69) is 6.92 Å². The SMILES string of the molecule is CCCCCCc1c(C=CC(=O)OCC)ccc(O)c1OC. The van der Waals surface area contributed by atoms with Crippen LogP contribution in [0.3, 0.4) is 0 Å². The van der Waals surface area contributed by atoms with E-state index in [0.717, 1.165) is 30.4 Å². The fourth-order valence-electron chi connectivity index (χ4n) is 2.35. The van der Waals surface area contributed by atoms with Crippen molar-refractivity contribution in [3.05, 3.63) is 29.3 Å². The summed E-state index contributed by atoms with van der Waals surface area (Å²) in [5.41, 5.74) is 1.80. The van der Waals surface area contributed by atoms with E-state index in [0.29, 0.717) is 12.4 Å². The standard InChI is InChI=1S/C18H26O4/c1-4-6-7-8-9-15-14(11-13-17(20)22-5-2)10-12-16(19)18(15)21-3/h10-13,19H,4-9H2,1-3H3. The Morgan fingerprint density at radius 2 is 2.00 bits per heavy atom. The van der Waals surface area contributed by atoms with Gasteiger partial charge in [-0.2, -0.15) is 0 Å². The van der Waals surface area contributed by atoms with Crippen LogP contribution in [0.15, 0.2) is 18.2 Å². The molecule has 1 aromatic rings. The fourth-order valence-corrected chi connectivity index (χ4v) is 2.35. The molecule has 1 rings (SSSR count). The molecule has 4 heteroatoms. The summed E-state index contributed by atoms with van der Waals surface area (Å²) in [4.78, 5) is 11.5. The molecule has 0 aromatic heterocycles. The van der Waals surface area contributed by atoms with E-state index in [4.69, 9.17) is 9.47 Å². The summed E-state index contributed by atoms with van der Waals surface area (Å²) in [6.45, 7) is 4.29. The van der Waals surface area contributed by atoms with E-state index in [1.54, 1.807) is 32.2 Å². The Kier molecular flexibility index (Phi) is 8.11. The molecule has 122 valence electrons. The number of rotatable bonds is 9. The summed E-state index contributed by atoms with van der Waals surface area (Å²) in [6.07, 6.45) is 8.45. The van der Waals surface area contributed by atoms with Gasteiger partial charge in [0.15, 0.2) is 11.5 Å². The van der Waals surface area contributed by atoms with Crippen molar-refractivity contribution in [2.24, 2.45) is 0 Å². The van der Waals surface area contributed by atoms with Gasteiger partial charge in [0.25, 0.3) is 0 Å². The van der Waals surface area contributed by atoms with Crippen molar-refractivity contribution in [2.45, 2.75) is 46.0 Å². The number of hydrogen-bond donors (Lipinski definition) is 1. The van der Waals surface area contributed by atoms with Gasteiger partial charge < -0.3 is 14.6 Å². The van der Waals surface area contributed by atoms with Crippen LogP contribution >= 0.6 is 0 Å². The molecule has 0 bridgehead atoms. The van der Waals surface area contributed by atoms with Crippen LogP contribution in [0.4, 0.5) is 0 Å². The maximum Gasteiger partial charge on any atom is 0.330 e. The first kappa shape index (κ1) is 18.1. The van der Waals surface area contributed by atoms with Crippen molar-refractivity contribution in [1.29, 1.82) is 0 Å². The first-order valence-corrected chi connectivity index (χ1v) is 7.87. The summed E-state index contributed by atoms with van der Waals surface area (Å²) < 4.78 is 10.2. The summed E-state index contributed by atoms with van der Waals surface area (Å²) >= 11 is 0. The van der Waals surface area contributed by atoms with E-state index in [1.165, 1.54) is 18.9 Å². The van der Waals surface area contributed by atoms with Crippen molar-refractivity contribution in [3.63, 3.8) is 0 Å². The Morgan fingerprint density at radius 3 is 2.64 bits per heavy atom. The minimum atomic E-state index is -0.369. The zero-order chi connectivity index (χ0) is 16.4. The largest absolute Gasteiger partial charge is 0.504 e. The van der Waals surface area contributed by atoms with Crippen LogP contribution < -0.4 is 4.74 Å². The number of hydrogen-bond acceptors (Lipinski definition) is 4. The van der Waals surface area contributed by atoms with Gasteiger partial charge in [0.2, 0.25) is 0 Å². The highest BCUT2D eigenvalue weighted by Gasteiger charge is 2.12. The molecule has 0 saturated carbocycles. The number of benzene rings is 1. The lowest BCUT2D eigenvalue weighted by Crippen LogP contribution is -2.00. The van der Waals surface area contributed by atoms with Gasteiger partial charge in [-0.1, -0.05) is 32.3 Å². The minimum absolute atomic E-state index is 0.126. The van der Waals surface area contributed by atoms with Crippen molar-refractivity contribution >= 4 is 12.0 Å². The summed E-state index contributed by atoms with van der Waals surface area (Å²) in [5.74, 6) is 0.246. The monoisotopic (exact) mass is 306 g/mol. The van der Waals surface area contributed by atoms with Crippen molar-refractivity contribution < 1.29 is 19.4 Å². The maximum absolute atomic E-state index is 11.5. The fraction of sp³-hybridized carbons (Fsp3) is 0.500. The zero-order valence-electron chi connectivity index (χ0n) is 13.7. The van der Waals surface area contributed by atoms with Crippen LogP contribution in [0, 0.1) is 0 Å². The van der Waals surface area contributed by atoms with Crippen molar-refractivity contribution in [3.8, 4) is 11.5 Å².